The van der Waals surface area contributed by atoms with Crippen LogP contribution in [0.15, 0.2) is 23.7 Å². The van der Waals surface area contributed by atoms with Crippen molar-refractivity contribution in [2.45, 2.75) is 51.7 Å². The number of ether oxygens (including phenoxy) is 2. The van der Waals surface area contributed by atoms with Gasteiger partial charge in [0.25, 0.3) is 0 Å². The second kappa shape index (κ2) is 7.50. The molecule has 0 saturated carbocycles. The summed E-state index contributed by atoms with van der Waals surface area (Å²) in [6.45, 7) is 8.39. The molecule has 130 valence electrons. The van der Waals surface area contributed by atoms with E-state index in [9.17, 15) is 24.9 Å². The molecule has 0 aromatic carbocycles. The molecular formula is C16H24O7. The number of hydrogen-bond donors (Lipinski definition) is 3. The minimum Gasteiger partial charge on any atom is -0.508 e. The van der Waals surface area contributed by atoms with E-state index < -0.39 is 29.6 Å². The second-order valence-electron chi connectivity index (χ2n) is 6.48. The van der Waals surface area contributed by atoms with Gasteiger partial charge >= 0.3 is 11.9 Å². The zero-order chi connectivity index (χ0) is 17.8. The predicted octanol–water partition coefficient (Wildman–Crippen LogP) is 1.92. The molecular weight excluding hydrogens is 304 g/mol. The molecule has 2 atom stereocenters. The molecule has 0 radical (unpaired) electrons. The zero-order valence-electron chi connectivity index (χ0n) is 13.7. The summed E-state index contributed by atoms with van der Waals surface area (Å²) in [6, 6.07) is 0. The molecule has 0 bridgehead atoms. The Labute approximate surface area is 135 Å². The molecule has 7 heteroatoms. The van der Waals surface area contributed by atoms with Gasteiger partial charge in [-0.3, -0.25) is 9.59 Å². The van der Waals surface area contributed by atoms with Gasteiger partial charge in [-0.05, 0) is 32.8 Å². The summed E-state index contributed by atoms with van der Waals surface area (Å²) in [5.74, 6) is -2.59. The molecule has 0 saturated heterocycles. The first kappa shape index (κ1) is 19.0. The molecule has 1 rings (SSSR count). The summed E-state index contributed by atoms with van der Waals surface area (Å²) in [7, 11) is 0. The van der Waals surface area contributed by atoms with E-state index in [4.69, 9.17) is 9.47 Å². The molecule has 7 nitrogen and oxygen atoms in total. The van der Waals surface area contributed by atoms with E-state index in [0.717, 1.165) is 0 Å². The maximum Gasteiger partial charge on any atom is 0.306 e. The zero-order valence-corrected chi connectivity index (χ0v) is 13.7. The Morgan fingerprint density at radius 2 is 1.83 bits per heavy atom. The summed E-state index contributed by atoms with van der Waals surface area (Å²) >= 11 is 0. The van der Waals surface area contributed by atoms with Crippen molar-refractivity contribution in [3.63, 3.8) is 0 Å². The molecule has 0 aliphatic heterocycles. The van der Waals surface area contributed by atoms with Crippen molar-refractivity contribution in [2.75, 3.05) is 6.61 Å². The topological polar surface area (TPSA) is 113 Å². The predicted molar refractivity (Wildman–Crippen MR) is 81.6 cm³/mol. The van der Waals surface area contributed by atoms with Crippen LogP contribution in [0, 0.1) is 5.92 Å². The highest BCUT2D eigenvalue weighted by molar-refractivity contribution is 5.77. The van der Waals surface area contributed by atoms with Crippen LogP contribution in [0.25, 0.3) is 0 Å². The number of hydrogen-bond acceptors (Lipinski definition) is 7. The molecule has 0 heterocycles. The average molecular weight is 328 g/mol. The number of aliphatic hydroxyl groups excluding tert-OH is 3. The van der Waals surface area contributed by atoms with Gasteiger partial charge in [0.2, 0.25) is 0 Å². The molecule has 3 N–H and O–H groups in total. The highest BCUT2D eigenvalue weighted by Crippen LogP contribution is 2.34. The maximum absolute atomic E-state index is 11.6. The van der Waals surface area contributed by atoms with E-state index >= 15 is 0 Å². The summed E-state index contributed by atoms with van der Waals surface area (Å²) in [5.41, 5.74) is -0.295. The van der Waals surface area contributed by atoms with E-state index in [0.29, 0.717) is 5.57 Å². The highest BCUT2D eigenvalue weighted by atomic mass is 16.6. The van der Waals surface area contributed by atoms with Crippen molar-refractivity contribution >= 4 is 11.9 Å². The number of carbonyl (C=O) groups excluding carboxylic acids is 2. The maximum atomic E-state index is 11.6. The van der Waals surface area contributed by atoms with Crippen molar-refractivity contribution in [1.82, 2.24) is 0 Å². The van der Waals surface area contributed by atoms with Crippen LogP contribution < -0.4 is 0 Å². The summed E-state index contributed by atoms with van der Waals surface area (Å²) in [5, 5.41) is 29.0. The van der Waals surface area contributed by atoms with Crippen LogP contribution in [-0.4, -0.2) is 45.6 Å². The van der Waals surface area contributed by atoms with Crippen LogP contribution >= 0.6 is 0 Å². The Morgan fingerprint density at radius 3 is 2.30 bits per heavy atom. The lowest BCUT2D eigenvalue weighted by molar-refractivity contribution is -0.159. The smallest absolute Gasteiger partial charge is 0.306 e. The van der Waals surface area contributed by atoms with Crippen molar-refractivity contribution < 1.29 is 34.4 Å². The van der Waals surface area contributed by atoms with E-state index in [1.54, 1.807) is 20.8 Å². The third kappa shape index (κ3) is 5.94. The van der Waals surface area contributed by atoms with Crippen LogP contribution in [0.1, 0.15) is 40.0 Å². The summed E-state index contributed by atoms with van der Waals surface area (Å²) in [4.78, 5) is 23.0. The standard InChI is InChI=1S/C16H24O7/c1-9-7-10(15(21)14(9)20)11(17)8-22-12(18)5-6-13(19)23-16(2,3)4/h10-11,17,20-21H,1,5-8H2,2-4H3. The largest absolute Gasteiger partial charge is 0.508 e. The normalized spacial score (nSPS) is 19.7. The van der Waals surface area contributed by atoms with Crippen molar-refractivity contribution in [3.8, 4) is 0 Å². The third-order valence-corrected chi connectivity index (χ3v) is 3.23. The van der Waals surface area contributed by atoms with Gasteiger partial charge in [-0.2, -0.15) is 0 Å². The van der Waals surface area contributed by atoms with Crippen LogP contribution in [-0.2, 0) is 19.1 Å². The minimum atomic E-state index is -1.16. The first-order valence-electron chi connectivity index (χ1n) is 7.37. The van der Waals surface area contributed by atoms with Crippen LogP contribution in [0.5, 0.6) is 0 Å². The molecule has 23 heavy (non-hydrogen) atoms. The van der Waals surface area contributed by atoms with Crippen LogP contribution in [0.2, 0.25) is 0 Å². The van der Waals surface area contributed by atoms with Gasteiger partial charge < -0.3 is 24.8 Å². The molecule has 1 aliphatic carbocycles. The molecule has 0 aromatic heterocycles. The lowest BCUT2D eigenvalue weighted by atomic mass is 10.0. The van der Waals surface area contributed by atoms with Gasteiger partial charge in [-0.25, -0.2) is 0 Å². The fourth-order valence-electron chi connectivity index (χ4n) is 2.10. The van der Waals surface area contributed by atoms with Crippen molar-refractivity contribution in [1.29, 1.82) is 0 Å². The lowest BCUT2D eigenvalue weighted by Crippen LogP contribution is -2.28. The first-order valence-corrected chi connectivity index (χ1v) is 7.37. The Kier molecular flexibility index (Phi) is 6.20. The number of aliphatic hydroxyl groups is 3. The molecule has 1 aliphatic rings. The van der Waals surface area contributed by atoms with Crippen LogP contribution in [0.3, 0.4) is 0 Å². The van der Waals surface area contributed by atoms with Gasteiger partial charge in [-0.15, -0.1) is 0 Å². The second-order valence-corrected chi connectivity index (χ2v) is 6.48. The first-order chi connectivity index (χ1) is 10.5. The van der Waals surface area contributed by atoms with Gasteiger partial charge in [0, 0.05) is 0 Å². The minimum absolute atomic E-state index is 0.113. The third-order valence-electron chi connectivity index (χ3n) is 3.23. The van der Waals surface area contributed by atoms with Gasteiger partial charge in [0.1, 0.15) is 18.0 Å². The van der Waals surface area contributed by atoms with Gasteiger partial charge in [0.05, 0.1) is 24.9 Å². The number of rotatable bonds is 6. The Hall–Kier alpha value is -2.02. The molecule has 0 fully saturated rings. The quantitative estimate of drug-likeness (QED) is 0.638. The fraction of sp³-hybridized carbons (Fsp3) is 0.625. The fourth-order valence-corrected chi connectivity index (χ4v) is 2.10. The summed E-state index contributed by atoms with van der Waals surface area (Å²) < 4.78 is 9.93. The van der Waals surface area contributed by atoms with Crippen LogP contribution in [0.4, 0.5) is 0 Å². The van der Waals surface area contributed by atoms with Crippen molar-refractivity contribution in [3.05, 3.63) is 23.7 Å². The molecule has 0 aromatic rings. The monoisotopic (exact) mass is 328 g/mol. The van der Waals surface area contributed by atoms with Gasteiger partial charge in [-0.1, -0.05) is 6.58 Å². The lowest BCUT2D eigenvalue weighted by Gasteiger charge is -2.19. The van der Waals surface area contributed by atoms with E-state index in [1.165, 1.54) is 0 Å². The van der Waals surface area contributed by atoms with E-state index in [2.05, 4.69) is 6.58 Å². The Morgan fingerprint density at radius 1 is 1.26 bits per heavy atom. The Balaban J connectivity index is 2.34. The molecule has 0 spiro atoms. The summed E-state index contributed by atoms with van der Waals surface area (Å²) in [6.07, 6.45) is -1.25. The molecule has 0 amide bonds. The number of carbonyl (C=O) groups is 2. The SMILES string of the molecule is C=C1CC(C(O)COC(=O)CCC(=O)OC(C)(C)C)C(O)=C1O. The molecule has 2 unspecified atom stereocenters. The number of esters is 2. The van der Waals surface area contributed by atoms with E-state index in [-0.39, 0.29) is 37.4 Å². The van der Waals surface area contributed by atoms with Gasteiger partial charge in [0.15, 0.2) is 5.76 Å². The number of allylic oxidation sites excluding steroid dienone is 1. The van der Waals surface area contributed by atoms with Crippen molar-refractivity contribution in [2.24, 2.45) is 5.92 Å². The average Bonchev–Trinajstić information content (AvgIpc) is 2.68. The van der Waals surface area contributed by atoms with E-state index in [1.807, 2.05) is 0 Å². The Bertz CT molecular complexity index is 513. The highest BCUT2D eigenvalue weighted by Gasteiger charge is 2.34.